The number of hydrogen-bond acceptors (Lipinski definition) is 5. The SMILES string of the molecule is CCOC(=O)[C@H]1CCC[NH+](Cn2nc(CCC(N)=O)n(CC)c2=S)C1. The minimum atomic E-state index is -0.345. The van der Waals surface area contributed by atoms with Crippen LogP contribution in [0.2, 0.25) is 0 Å². The fourth-order valence-corrected chi connectivity index (χ4v) is 3.63. The predicted molar refractivity (Wildman–Crippen MR) is 94.3 cm³/mol. The first kappa shape index (κ1) is 19.6. The molecule has 1 saturated heterocycles. The fourth-order valence-electron chi connectivity index (χ4n) is 3.29. The maximum atomic E-state index is 12.0. The number of amides is 1. The third kappa shape index (κ3) is 5.12. The van der Waals surface area contributed by atoms with Crippen LogP contribution in [-0.2, 0) is 34.0 Å². The average Bonchev–Trinajstić information content (AvgIpc) is 2.88. The van der Waals surface area contributed by atoms with Gasteiger partial charge in [0.05, 0.1) is 19.7 Å². The van der Waals surface area contributed by atoms with E-state index >= 15 is 0 Å². The highest BCUT2D eigenvalue weighted by Crippen LogP contribution is 2.10. The molecule has 140 valence electrons. The Labute approximate surface area is 152 Å². The van der Waals surface area contributed by atoms with Gasteiger partial charge in [0.25, 0.3) is 0 Å². The second-order valence-corrected chi connectivity index (χ2v) is 6.73. The van der Waals surface area contributed by atoms with Crippen molar-refractivity contribution in [1.29, 1.82) is 0 Å². The van der Waals surface area contributed by atoms with E-state index in [4.69, 9.17) is 22.7 Å². The molecule has 0 radical (unpaired) electrons. The van der Waals surface area contributed by atoms with Crippen LogP contribution in [0.5, 0.6) is 0 Å². The van der Waals surface area contributed by atoms with Crippen molar-refractivity contribution in [3.8, 4) is 0 Å². The van der Waals surface area contributed by atoms with Crippen LogP contribution in [0.3, 0.4) is 0 Å². The molecular formula is C16H28N5O3S+. The number of quaternary nitrogens is 1. The largest absolute Gasteiger partial charge is 0.466 e. The van der Waals surface area contributed by atoms with Gasteiger partial charge in [-0.25, -0.2) is 0 Å². The molecule has 25 heavy (non-hydrogen) atoms. The van der Waals surface area contributed by atoms with Crippen molar-refractivity contribution in [2.45, 2.75) is 52.7 Å². The molecule has 9 heteroatoms. The number of likely N-dealkylation sites (tertiary alicyclic amines) is 1. The Hall–Kier alpha value is -1.74. The van der Waals surface area contributed by atoms with Crippen LogP contribution in [0.1, 0.15) is 38.9 Å². The number of aromatic nitrogens is 3. The lowest BCUT2D eigenvalue weighted by atomic mass is 9.99. The van der Waals surface area contributed by atoms with E-state index in [-0.39, 0.29) is 24.2 Å². The Morgan fingerprint density at radius 3 is 2.84 bits per heavy atom. The van der Waals surface area contributed by atoms with E-state index in [1.165, 1.54) is 4.90 Å². The van der Waals surface area contributed by atoms with Crippen LogP contribution in [0, 0.1) is 10.7 Å². The molecule has 1 fully saturated rings. The third-order valence-corrected chi connectivity index (χ3v) is 4.95. The Morgan fingerprint density at radius 1 is 1.44 bits per heavy atom. The molecule has 0 saturated carbocycles. The Kier molecular flexibility index (Phi) is 7.12. The smallest absolute Gasteiger partial charge is 0.314 e. The molecule has 1 aliphatic rings. The molecule has 0 spiro atoms. The van der Waals surface area contributed by atoms with E-state index in [0.29, 0.717) is 31.0 Å². The van der Waals surface area contributed by atoms with Gasteiger partial charge in [-0.3, -0.25) is 9.59 Å². The number of nitrogens with one attached hydrogen (secondary N) is 1. The summed E-state index contributed by atoms with van der Waals surface area (Å²) >= 11 is 5.53. The quantitative estimate of drug-likeness (QED) is 0.482. The first-order valence-electron chi connectivity index (χ1n) is 8.91. The van der Waals surface area contributed by atoms with E-state index < -0.39 is 0 Å². The molecule has 2 atom stereocenters. The highest BCUT2D eigenvalue weighted by molar-refractivity contribution is 7.71. The van der Waals surface area contributed by atoms with Crippen LogP contribution in [0.4, 0.5) is 0 Å². The second kappa shape index (κ2) is 9.10. The molecule has 0 aromatic carbocycles. The van der Waals surface area contributed by atoms with E-state index in [9.17, 15) is 9.59 Å². The summed E-state index contributed by atoms with van der Waals surface area (Å²) < 4.78 is 9.54. The van der Waals surface area contributed by atoms with Crippen LogP contribution in [-0.4, -0.2) is 45.9 Å². The van der Waals surface area contributed by atoms with E-state index in [2.05, 4.69) is 5.10 Å². The maximum Gasteiger partial charge on any atom is 0.314 e. The molecular weight excluding hydrogens is 342 g/mol. The number of primary amides is 1. The number of esters is 1. The number of piperidine rings is 1. The Morgan fingerprint density at radius 2 is 2.20 bits per heavy atom. The van der Waals surface area contributed by atoms with Crippen LogP contribution >= 0.6 is 12.2 Å². The lowest BCUT2D eigenvalue weighted by Crippen LogP contribution is -3.13. The Bertz CT molecular complexity index is 669. The molecule has 3 N–H and O–H groups in total. The average molecular weight is 370 g/mol. The minimum Gasteiger partial charge on any atom is -0.466 e. The normalized spacial score (nSPS) is 20.4. The molecule has 1 aromatic rings. The third-order valence-electron chi connectivity index (χ3n) is 4.52. The predicted octanol–water partition coefficient (Wildman–Crippen LogP) is -0.333. The first-order chi connectivity index (χ1) is 12.0. The summed E-state index contributed by atoms with van der Waals surface area (Å²) in [5, 5.41) is 4.58. The summed E-state index contributed by atoms with van der Waals surface area (Å²) in [5.74, 6) is 0.275. The van der Waals surface area contributed by atoms with Gasteiger partial charge in [-0.1, -0.05) is 0 Å². The molecule has 2 rings (SSSR count). The number of nitrogens with zero attached hydrogens (tertiary/aromatic N) is 3. The molecule has 1 amide bonds. The van der Waals surface area contributed by atoms with Crippen molar-refractivity contribution in [3.63, 3.8) is 0 Å². The van der Waals surface area contributed by atoms with E-state index in [1.54, 1.807) is 4.68 Å². The van der Waals surface area contributed by atoms with Gasteiger partial charge in [-0.05, 0) is 38.9 Å². The Balaban J connectivity index is 2.07. The van der Waals surface area contributed by atoms with Gasteiger partial charge < -0.3 is 19.9 Å². The first-order valence-corrected chi connectivity index (χ1v) is 9.32. The van der Waals surface area contributed by atoms with E-state index in [0.717, 1.165) is 31.8 Å². The van der Waals surface area contributed by atoms with Crippen molar-refractivity contribution >= 4 is 24.1 Å². The molecule has 1 unspecified atom stereocenters. The molecule has 1 aromatic heterocycles. The number of ether oxygens (including phenoxy) is 1. The molecule has 0 bridgehead atoms. The lowest BCUT2D eigenvalue weighted by molar-refractivity contribution is -0.930. The molecule has 0 aliphatic carbocycles. The summed E-state index contributed by atoms with van der Waals surface area (Å²) in [5.41, 5.74) is 5.24. The highest BCUT2D eigenvalue weighted by Gasteiger charge is 2.30. The monoisotopic (exact) mass is 370 g/mol. The van der Waals surface area contributed by atoms with Crippen molar-refractivity contribution in [3.05, 3.63) is 10.6 Å². The minimum absolute atomic E-state index is 0.0551. The van der Waals surface area contributed by atoms with Crippen molar-refractivity contribution in [2.75, 3.05) is 19.7 Å². The zero-order valence-electron chi connectivity index (χ0n) is 15.0. The van der Waals surface area contributed by atoms with Gasteiger partial charge in [0.1, 0.15) is 11.7 Å². The highest BCUT2D eigenvalue weighted by atomic mass is 32.1. The van der Waals surface area contributed by atoms with Gasteiger partial charge >= 0.3 is 5.97 Å². The fraction of sp³-hybridized carbons (Fsp3) is 0.750. The maximum absolute atomic E-state index is 12.0. The molecule has 8 nitrogen and oxygen atoms in total. The second-order valence-electron chi connectivity index (χ2n) is 6.36. The van der Waals surface area contributed by atoms with Crippen molar-refractivity contribution in [1.82, 2.24) is 14.3 Å². The lowest BCUT2D eigenvalue weighted by Gasteiger charge is -2.28. The van der Waals surface area contributed by atoms with Gasteiger partial charge in [0.15, 0.2) is 6.67 Å². The van der Waals surface area contributed by atoms with E-state index in [1.807, 2.05) is 18.4 Å². The number of nitrogens with two attached hydrogens (primary N) is 1. The molecule has 2 heterocycles. The van der Waals surface area contributed by atoms with Crippen LogP contribution in [0.25, 0.3) is 0 Å². The summed E-state index contributed by atoms with van der Waals surface area (Å²) in [6, 6.07) is 0. The van der Waals surface area contributed by atoms with Crippen molar-refractivity contribution in [2.24, 2.45) is 11.7 Å². The summed E-state index contributed by atoms with van der Waals surface area (Å²) in [7, 11) is 0. The van der Waals surface area contributed by atoms with Gasteiger partial charge in [0.2, 0.25) is 10.7 Å². The zero-order valence-corrected chi connectivity index (χ0v) is 15.8. The van der Waals surface area contributed by atoms with Crippen LogP contribution < -0.4 is 10.6 Å². The van der Waals surface area contributed by atoms with Gasteiger partial charge in [-0.2, -0.15) is 9.78 Å². The molecule has 1 aliphatic heterocycles. The standard InChI is InChI=1S/C16H27N5O3S/c1-3-20-14(8-7-13(17)22)18-21(16(20)25)11-19-9-5-6-12(10-19)15(23)24-4-2/h12H,3-11H2,1-2H3,(H2,17,22)/p+1/t12-/m0/s1. The van der Waals surface area contributed by atoms with Crippen molar-refractivity contribution < 1.29 is 19.2 Å². The number of carbonyl (C=O) groups excluding carboxylic acids is 2. The number of rotatable bonds is 8. The summed E-state index contributed by atoms with van der Waals surface area (Å²) in [6.45, 7) is 7.28. The zero-order chi connectivity index (χ0) is 18.4. The number of carbonyl (C=O) groups is 2. The van der Waals surface area contributed by atoms with Crippen LogP contribution in [0.15, 0.2) is 0 Å². The van der Waals surface area contributed by atoms with Gasteiger partial charge in [0, 0.05) is 19.4 Å². The summed E-state index contributed by atoms with van der Waals surface area (Å²) in [4.78, 5) is 24.3. The number of aryl methyl sites for hydroxylation is 1. The number of hydrogen-bond donors (Lipinski definition) is 2. The summed E-state index contributed by atoms with van der Waals surface area (Å²) in [6.07, 6.45) is 2.60. The topological polar surface area (TPSA) is 96.6 Å². The van der Waals surface area contributed by atoms with Gasteiger partial charge in [-0.15, -0.1) is 0 Å².